The van der Waals surface area contributed by atoms with E-state index in [1.165, 1.54) is 20.0 Å². The summed E-state index contributed by atoms with van der Waals surface area (Å²) < 4.78 is 31.2. The molecule has 0 heterocycles. The fourth-order valence-corrected chi connectivity index (χ4v) is 1.56. The van der Waals surface area contributed by atoms with Gasteiger partial charge in [-0.3, -0.25) is 4.79 Å². The molecule has 1 atom stereocenters. The molecule has 1 aromatic carbocycles. The van der Waals surface area contributed by atoms with Gasteiger partial charge in [-0.2, -0.15) is 0 Å². The van der Waals surface area contributed by atoms with Crippen molar-refractivity contribution in [3.05, 3.63) is 35.4 Å². The Morgan fingerprint density at radius 1 is 1.19 bits per heavy atom. The Morgan fingerprint density at radius 3 is 2.24 bits per heavy atom. The van der Waals surface area contributed by atoms with Gasteiger partial charge in [-0.05, 0) is 45.9 Å². The molecule has 1 amide bonds. The maximum Gasteiger partial charge on any atom is 0.410 e. The SMILES string of the molecule is C[C@@H](C(=O)c1ccc(F)c(F)c1)N(C)C(=O)OC(C)(C)C. The normalized spacial score (nSPS) is 12.7. The summed E-state index contributed by atoms with van der Waals surface area (Å²) in [4.78, 5) is 25.2. The van der Waals surface area contributed by atoms with Gasteiger partial charge in [0.25, 0.3) is 0 Å². The Labute approximate surface area is 122 Å². The maximum atomic E-state index is 13.2. The number of nitrogens with zero attached hydrogens (tertiary/aromatic N) is 1. The Hall–Kier alpha value is -1.98. The van der Waals surface area contributed by atoms with Crippen LogP contribution >= 0.6 is 0 Å². The Morgan fingerprint density at radius 2 is 1.76 bits per heavy atom. The van der Waals surface area contributed by atoms with Gasteiger partial charge in [-0.15, -0.1) is 0 Å². The minimum atomic E-state index is -1.10. The van der Waals surface area contributed by atoms with Crippen molar-refractivity contribution in [1.29, 1.82) is 0 Å². The van der Waals surface area contributed by atoms with Gasteiger partial charge in [0.15, 0.2) is 17.4 Å². The largest absolute Gasteiger partial charge is 0.444 e. The van der Waals surface area contributed by atoms with Crippen LogP contribution in [0.15, 0.2) is 18.2 Å². The summed E-state index contributed by atoms with van der Waals surface area (Å²) in [6, 6.07) is 2.02. The summed E-state index contributed by atoms with van der Waals surface area (Å²) in [6.45, 7) is 6.62. The summed E-state index contributed by atoms with van der Waals surface area (Å²) in [5, 5.41) is 0. The van der Waals surface area contributed by atoms with Gasteiger partial charge in [-0.25, -0.2) is 13.6 Å². The molecule has 1 aromatic rings. The zero-order chi connectivity index (χ0) is 16.4. The van der Waals surface area contributed by atoms with Crippen LogP contribution < -0.4 is 0 Å². The van der Waals surface area contributed by atoms with Gasteiger partial charge in [0.05, 0.1) is 6.04 Å². The van der Waals surface area contributed by atoms with Crippen molar-refractivity contribution >= 4 is 11.9 Å². The highest BCUT2D eigenvalue weighted by molar-refractivity contribution is 6.01. The average Bonchev–Trinajstić information content (AvgIpc) is 2.37. The van der Waals surface area contributed by atoms with Crippen LogP contribution in [0.1, 0.15) is 38.1 Å². The number of ether oxygens (including phenoxy) is 1. The molecule has 0 spiro atoms. The number of Topliss-reactive ketones (excluding diaryl/α,β-unsaturated/α-hetero) is 1. The lowest BCUT2D eigenvalue weighted by Gasteiger charge is -2.28. The minimum Gasteiger partial charge on any atom is -0.444 e. The van der Waals surface area contributed by atoms with Crippen molar-refractivity contribution in [2.45, 2.75) is 39.3 Å². The third kappa shape index (κ3) is 4.51. The predicted octanol–water partition coefficient (Wildman–Crippen LogP) is 3.40. The summed E-state index contributed by atoms with van der Waals surface area (Å²) >= 11 is 0. The number of rotatable bonds is 3. The molecule has 0 aromatic heterocycles. The molecule has 0 N–H and O–H groups in total. The Bertz CT molecular complexity index is 552. The van der Waals surface area contributed by atoms with Crippen LogP contribution in [0.25, 0.3) is 0 Å². The summed E-state index contributed by atoms with van der Waals surface area (Å²) in [6.07, 6.45) is -0.661. The van der Waals surface area contributed by atoms with E-state index in [4.69, 9.17) is 4.74 Å². The van der Waals surface area contributed by atoms with E-state index < -0.39 is 35.2 Å². The number of hydrogen-bond donors (Lipinski definition) is 0. The molecule has 116 valence electrons. The molecule has 0 radical (unpaired) electrons. The van der Waals surface area contributed by atoms with Crippen LogP contribution in [0.2, 0.25) is 0 Å². The summed E-state index contributed by atoms with van der Waals surface area (Å²) in [5.41, 5.74) is -0.687. The number of carbonyl (C=O) groups excluding carboxylic acids is 2. The van der Waals surface area contributed by atoms with E-state index in [0.717, 1.165) is 17.0 Å². The van der Waals surface area contributed by atoms with E-state index >= 15 is 0 Å². The molecule has 0 aliphatic rings. The zero-order valence-electron chi connectivity index (χ0n) is 12.7. The quantitative estimate of drug-likeness (QED) is 0.804. The van der Waals surface area contributed by atoms with Crippen molar-refractivity contribution in [2.75, 3.05) is 7.05 Å². The van der Waals surface area contributed by atoms with E-state index in [2.05, 4.69) is 0 Å². The standard InChI is InChI=1S/C15H19F2NO3/c1-9(18(5)14(20)21-15(2,3)4)13(19)10-6-7-11(16)12(17)8-10/h6-9H,1-5H3/t9-/m0/s1. The lowest BCUT2D eigenvalue weighted by molar-refractivity contribution is 0.0231. The van der Waals surface area contributed by atoms with Gasteiger partial charge in [-0.1, -0.05) is 0 Å². The number of halogens is 2. The molecular formula is C15H19F2NO3. The molecule has 0 aliphatic heterocycles. The van der Waals surface area contributed by atoms with Crippen molar-refractivity contribution in [1.82, 2.24) is 4.90 Å². The van der Waals surface area contributed by atoms with E-state index in [1.54, 1.807) is 20.8 Å². The van der Waals surface area contributed by atoms with E-state index in [0.29, 0.717) is 0 Å². The highest BCUT2D eigenvalue weighted by Gasteiger charge is 2.27. The second-order valence-electron chi connectivity index (χ2n) is 5.76. The van der Waals surface area contributed by atoms with Crippen molar-refractivity contribution < 1.29 is 23.1 Å². The van der Waals surface area contributed by atoms with Crippen molar-refractivity contribution in [2.24, 2.45) is 0 Å². The number of likely N-dealkylation sites (N-methyl/N-ethyl adjacent to an activating group) is 1. The first-order chi connectivity index (χ1) is 9.53. The van der Waals surface area contributed by atoms with Crippen LogP contribution in [0, 0.1) is 11.6 Å². The molecular weight excluding hydrogens is 280 g/mol. The average molecular weight is 299 g/mol. The molecule has 0 bridgehead atoms. The van der Waals surface area contributed by atoms with Gasteiger partial charge < -0.3 is 9.64 Å². The number of carbonyl (C=O) groups is 2. The van der Waals surface area contributed by atoms with Crippen LogP contribution in [-0.2, 0) is 4.74 Å². The van der Waals surface area contributed by atoms with Gasteiger partial charge in [0.2, 0.25) is 0 Å². The van der Waals surface area contributed by atoms with E-state index in [1.807, 2.05) is 0 Å². The summed E-state index contributed by atoms with van der Waals surface area (Å²) in [7, 11) is 1.41. The van der Waals surface area contributed by atoms with Crippen LogP contribution in [0.3, 0.4) is 0 Å². The lowest BCUT2D eigenvalue weighted by atomic mass is 10.0. The van der Waals surface area contributed by atoms with E-state index in [-0.39, 0.29) is 5.56 Å². The molecule has 4 nitrogen and oxygen atoms in total. The smallest absolute Gasteiger partial charge is 0.410 e. The fraction of sp³-hybridized carbons (Fsp3) is 0.467. The topological polar surface area (TPSA) is 46.6 Å². The first kappa shape index (κ1) is 17.1. The molecule has 0 aliphatic carbocycles. The molecule has 0 unspecified atom stereocenters. The molecule has 6 heteroatoms. The number of amides is 1. The third-order valence-electron chi connectivity index (χ3n) is 2.85. The fourth-order valence-electron chi connectivity index (χ4n) is 1.56. The zero-order valence-corrected chi connectivity index (χ0v) is 12.7. The molecule has 0 fully saturated rings. The molecule has 0 saturated carbocycles. The minimum absolute atomic E-state index is 0.00295. The first-order valence-electron chi connectivity index (χ1n) is 6.48. The highest BCUT2D eigenvalue weighted by Crippen LogP contribution is 2.15. The second-order valence-corrected chi connectivity index (χ2v) is 5.76. The second kappa shape index (κ2) is 6.20. The molecule has 1 rings (SSSR count). The monoisotopic (exact) mass is 299 g/mol. The maximum absolute atomic E-state index is 13.2. The van der Waals surface area contributed by atoms with E-state index in [9.17, 15) is 18.4 Å². The molecule has 21 heavy (non-hydrogen) atoms. The third-order valence-corrected chi connectivity index (χ3v) is 2.85. The number of hydrogen-bond acceptors (Lipinski definition) is 3. The van der Waals surface area contributed by atoms with Crippen molar-refractivity contribution in [3.63, 3.8) is 0 Å². The Balaban J connectivity index is 2.86. The predicted molar refractivity (Wildman–Crippen MR) is 74.1 cm³/mol. The number of benzene rings is 1. The van der Waals surface area contributed by atoms with Crippen LogP contribution in [0.5, 0.6) is 0 Å². The van der Waals surface area contributed by atoms with Crippen molar-refractivity contribution in [3.8, 4) is 0 Å². The van der Waals surface area contributed by atoms with Gasteiger partial charge in [0, 0.05) is 12.6 Å². The lowest BCUT2D eigenvalue weighted by Crippen LogP contribution is -2.43. The Kier molecular flexibility index (Phi) is 5.04. The van der Waals surface area contributed by atoms with Crippen LogP contribution in [-0.4, -0.2) is 35.5 Å². The summed E-state index contributed by atoms with van der Waals surface area (Å²) in [5.74, 6) is -2.63. The van der Waals surface area contributed by atoms with Crippen LogP contribution in [0.4, 0.5) is 13.6 Å². The first-order valence-corrected chi connectivity index (χ1v) is 6.48. The molecule has 0 saturated heterocycles. The number of ketones is 1. The van der Waals surface area contributed by atoms with Gasteiger partial charge >= 0.3 is 6.09 Å². The highest BCUT2D eigenvalue weighted by atomic mass is 19.2. The van der Waals surface area contributed by atoms with Gasteiger partial charge in [0.1, 0.15) is 5.60 Å².